The van der Waals surface area contributed by atoms with Crippen molar-refractivity contribution in [1.29, 1.82) is 0 Å². The second-order valence-corrected chi connectivity index (χ2v) is 9.21. The number of carbonyl (C=O) groups is 4. The highest BCUT2D eigenvalue weighted by atomic mass is 35.5. The van der Waals surface area contributed by atoms with Crippen LogP contribution in [0, 0.1) is 11.8 Å². The van der Waals surface area contributed by atoms with Crippen LogP contribution in [0.25, 0.3) is 5.57 Å². The number of likely N-dealkylation sites (N-methyl/N-ethyl adjacent to an activating group) is 1. The topological polar surface area (TPSA) is 158 Å². The fourth-order valence-corrected chi connectivity index (χ4v) is 5.82. The quantitative estimate of drug-likeness (QED) is 0.279. The number of carbonyl (C=O) groups excluding carboxylic acids is 4. The lowest BCUT2D eigenvalue weighted by atomic mass is 9.53. The standard InChI is InChI=1S/C22H21ClN2O7/c1-8-9-5-4-6-12(26)13(9)17(28)21(23)10(8)7-11-15(25(2)3)16(27)14(19(24)30)18(29)22(11,32)20(21)31/h4-6,10-11,15,26,29,32H,1,7H2,2-3H3,(H2,24,30)/t10-,11-,15-,21+,22-/m1/s1. The number of phenols is 1. The van der Waals surface area contributed by atoms with Crippen LogP contribution in [0.15, 0.2) is 36.1 Å². The highest BCUT2D eigenvalue weighted by Crippen LogP contribution is 2.58. The van der Waals surface area contributed by atoms with Gasteiger partial charge in [0.2, 0.25) is 5.78 Å². The predicted molar refractivity (Wildman–Crippen MR) is 113 cm³/mol. The number of hydrogen-bond acceptors (Lipinski definition) is 8. The third kappa shape index (κ3) is 2.41. The molecule has 0 unspecified atom stereocenters. The minimum atomic E-state index is -2.83. The summed E-state index contributed by atoms with van der Waals surface area (Å²) in [7, 11) is 3.01. The Hall–Kier alpha value is -3.01. The number of halogens is 1. The van der Waals surface area contributed by atoms with Gasteiger partial charge in [0.05, 0.1) is 11.6 Å². The molecule has 5 N–H and O–H groups in total. The second-order valence-electron chi connectivity index (χ2n) is 8.62. The first-order valence-corrected chi connectivity index (χ1v) is 10.1. The predicted octanol–water partition coefficient (Wildman–Crippen LogP) is 0.326. The van der Waals surface area contributed by atoms with E-state index >= 15 is 0 Å². The van der Waals surface area contributed by atoms with Gasteiger partial charge in [-0.05, 0) is 37.7 Å². The Morgan fingerprint density at radius 2 is 1.88 bits per heavy atom. The number of aliphatic hydroxyl groups is 2. The fourth-order valence-electron chi connectivity index (χ4n) is 5.36. The summed E-state index contributed by atoms with van der Waals surface area (Å²) >= 11 is 6.66. The Morgan fingerprint density at radius 1 is 1.25 bits per heavy atom. The number of rotatable bonds is 2. The molecule has 0 aromatic heterocycles. The summed E-state index contributed by atoms with van der Waals surface area (Å²) in [5.41, 5.74) is 1.87. The zero-order chi connectivity index (χ0) is 23.9. The fraction of sp³-hybridized carbons (Fsp3) is 0.364. The first-order valence-electron chi connectivity index (χ1n) is 9.77. The van der Waals surface area contributed by atoms with Gasteiger partial charge in [-0.25, -0.2) is 0 Å². The van der Waals surface area contributed by atoms with E-state index in [0.717, 1.165) is 0 Å². The maximum atomic E-state index is 13.8. The number of aromatic hydroxyl groups is 1. The van der Waals surface area contributed by atoms with Crippen molar-refractivity contribution in [3.05, 3.63) is 47.2 Å². The smallest absolute Gasteiger partial charge is 0.255 e. The lowest BCUT2D eigenvalue weighted by molar-refractivity contribution is -0.160. The molecule has 3 aliphatic rings. The monoisotopic (exact) mass is 460 g/mol. The normalized spacial score (nSPS) is 34.3. The zero-order valence-corrected chi connectivity index (χ0v) is 18.0. The number of amides is 1. The van der Waals surface area contributed by atoms with Crippen LogP contribution in [0.2, 0.25) is 0 Å². The van der Waals surface area contributed by atoms with Crippen LogP contribution in [-0.4, -0.2) is 74.1 Å². The zero-order valence-electron chi connectivity index (χ0n) is 17.3. The maximum Gasteiger partial charge on any atom is 0.255 e. The molecule has 0 heterocycles. The van der Waals surface area contributed by atoms with E-state index in [1.807, 2.05) is 0 Å². The van der Waals surface area contributed by atoms with E-state index in [1.165, 1.54) is 31.1 Å². The molecule has 3 aliphatic carbocycles. The molecule has 168 valence electrons. The molecule has 1 amide bonds. The van der Waals surface area contributed by atoms with Crippen LogP contribution < -0.4 is 5.73 Å². The minimum Gasteiger partial charge on any atom is -0.508 e. The van der Waals surface area contributed by atoms with E-state index in [9.17, 15) is 34.5 Å². The summed E-state index contributed by atoms with van der Waals surface area (Å²) in [6.07, 6.45) is -0.184. The molecule has 1 aromatic rings. The van der Waals surface area contributed by atoms with Crippen molar-refractivity contribution in [1.82, 2.24) is 4.90 Å². The van der Waals surface area contributed by atoms with Gasteiger partial charge in [-0.1, -0.05) is 18.7 Å². The summed E-state index contributed by atoms with van der Waals surface area (Å²) in [5.74, 6) is -8.37. The van der Waals surface area contributed by atoms with Crippen LogP contribution in [-0.2, 0) is 14.4 Å². The minimum absolute atomic E-state index is 0.184. The number of ketones is 3. The molecule has 0 radical (unpaired) electrons. The first kappa shape index (κ1) is 22.2. The number of nitrogens with zero attached hydrogens (tertiary/aromatic N) is 1. The van der Waals surface area contributed by atoms with Gasteiger partial charge in [-0.3, -0.25) is 24.1 Å². The molecule has 1 fully saturated rings. The highest BCUT2D eigenvalue weighted by Gasteiger charge is 2.72. The molecular weight excluding hydrogens is 440 g/mol. The van der Waals surface area contributed by atoms with E-state index < -0.39 is 68.7 Å². The molecule has 0 aliphatic heterocycles. The number of phenolic OH excluding ortho intramolecular Hbond substituents is 1. The van der Waals surface area contributed by atoms with Gasteiger partial charge in [0, 0.05) is 11.8 Å². The number of aliphatic hydroxyl groups excluding tert-OH is 1. The van der Waals surface area contributed by atoms with Gasteiger partial charge < -0.3 is 21.1 Å². The van der Waals surface area contributed by atoms with Crippen molar-refractivity contribution in [2.75, 3.05) is 14.1 Å². The molecule has 5 atom stereocenters. The van der Waals surface area contributed by atoms with Gasteiger partial charge in [0.25, 0.3) is 5.91 Å². The van der Waals surface area contributed by atoms with E-state index in [2.05, 4.69) is 6.58 Å². The lowest BCUT2D eigenvalue weighted by Gasteiger charge is -2.54. The number of alkyl halides is 1. The summed E-state index contributed by atoms with van der Waals surface area (Å²) in [6.45, 7) is 3.98. The Kier molecular flexibility index (Phi) is 4.68. The van der Waals surface area contributed by atoms with Crippen molar-refractivity contribution in [3.8, 4) is 5.75 Å². The maximum absolute atomic E-state index is 13.8. The van der Waals surface area contributed by atoms with Gasteiger partial charge >= 0.3 is 0 Å². The number of nitrogens with two attached hydrogens (primary N) is 1. The number of primary amides is 1. The largest absolute Gasteiger partial charge is 0.508 e. The molecular formula is C22H21ClN2O7. The average molecular weight is 461 g/mol. The van der Waals surface area contributed by atoms with Gasteiger partial charge in [-0.15, -0.1) is 11.6 Å². The van der Waals surface area contributed by atoms with Crippen molar-refractivity contribution >= 4 is 40.4 Å². The van der Waals surface area contributed by atoms with Crippen LogP contribution in [0.5, 0.6) is 5.75 Å². The summed E-state index contributed by atoms with van der Waals surface area (Å²) < 4.78 is 0. The van der Waals surface area contributed by atoms with Crippen LogP contribution in [0.4, 0.5) is 0 Å². The molecule has 0 saturated heterocycles. The highest BCUT2D eigenvalue weighted by molar-refractivity contribution is 6.52. The number of allylic oxidation sites excluding steroid dienone is 1. The first-order chi connectivity index (χ1) is 14.8. The van der Waals surface area contributed by atoms with E-state index in [4.69, 9.17) is 17.3 Å². The molecule has 32 heavy (non-hydrogen) atoms. The SMILES string of the molecule is C=C1c2cccc(O)c2C(=O)[C@]2(Cl)C(=O)[C@]3(O)C(O)=C(C(N)=O)C(=O)[C@H](N(C)C)[C@H]3C[C@H]12. The van der Waals surface area contributed by atoms with Crippen molar-refractivity contribution < 1.29 is 34.5 Å². The van der Waals surface area contributed by atoms with Gasteiger partial charge in [0.15, 0.2) is 22.0 Å². The van der Waals surface area contributed by atoms with E-state index in [0.29, 0.717) is 5.56 Å². The van der Waals surface area contributed by atoms with Gasteiger partial charge in [0.1, 0.15) is 17.1 Å². The molecule has 0 spiro atoms. The molecule has 9 nitrogen and oxygen atoms in total. The average Bonchev–Trinajstić information content (AvgIpc) is 2.70. The Labute approximate surface area is 187 Å². The molecule has 1 aromatic carbocycles. The third-order valence-electron chi connectivity index (χ3n) is 6.85. The van der Waals surface area contributed by atoms with Crippen LogP contribution >= 0.6 is 11.6 Å². The molecule has 0 bridgehead atoms. The Bertz CT molecular complexity index is 1170. The number of fused-ring (bicyclic) bond motifs is 3. The summed E-state index contributed by atoms with van der Waals surface area (Å²) in [4.78, 5) is 51.1. The number of Topliss-reactive ketones (excluding diaryl/α,β-unsaturated/α-hetero) is 3. The summed E-state index contributed by atoms with van der Waals surface area (Å²) in [6, 6.07) is 3.10. The number of hydrogen-bond donors (Lipinski definition) is 4. The summed E-state index contributed by atoms with van der Waals surface area (Å²) in [5, 5.41) is 32.6. The van der Waals surface area contributed by atoms with Crippen molar-refractivity contribution in [2.45, 2.75) is 22.9 Å². The second kappa shape index (κ2) is 6.74. The van der Waals surface area contributed by atoms with Crippen LogP contribution in [0.1, 0.15) is 22.3 Å². The molecule has 4 rings (SSSR count). The lowest BCUT2D eigenvalue weighted by Crippen LogP contribution is -2.72. The van der Waals surface area contributed by atoms with Crippen molar-refractivity contribution in [3.63, 3.8) is 0 Å². The van der Waals surface area contributed by atoms with Crippen LogP contribution in [0.3, 0.4) is 0 Å². The van der Waals surface area contributed by atoms with Crippen molar-refractivity contribution in [2.24, 2.45) is 17.6 Å². The Balaban J connectivity index is 2.02. The van der Waals surface area contributed by atoms with Gasteiger partial charge in [-0.2, -0.15) is 0 Å². The molecule has 1 saturated carbocycles. The van der Waals surface area contributed by atoms with E-state index in [1.54, 1.807) is 6.07 Å². The Morgan fingerprint density at radius 3 is 2.44 bits per heavy atom. The number of benzene rings is 1. The third-order valence-corrected chi connectivity index (χ3v) is 7.45. The molecule has 10 heteroatoms. The van der Waals surface area contributed by atoms with E-state index in [-0.39, 0.29) is 17.6 Å².